The Labute approximate surface area is 210 Å². The molecule has 4 heterocycles. The van der Waals surface area contributed by atoms with Crippen molar-refractivity contribution in [3.63, 3.8) is 0 Å². The zero-order chi connectivity index (χ0) is 25.6. The number of aromatic amines is 2. The number of halogens is 1. The Morgan fingerprint density at radius 1 is 0.973 bits per heavy atom. The Balaban J connectivity index is 1.44. The molecule has 0 saturated carbocycles. The van der Waals surface area contributed by atoms with Crippen LogP contribution in [0.2, 0.25) is 0 Å². The number of aromatic nitrogens is 7. The second-order valence-electron chi connectivity index (χ2n) is 8.83. The predicted octanol–water partition coefficient (Wildman–Crippen LogP) is 4.35. The van der Waals surface area contributed by atoms with E-state index in [4.69, 9.17) is 0 Å². The molecule has 0 unspecified atom stereocenters. The lowest BCUT2D eigenvalue weighted by Crippen LogP contribution is -2.06. The highest BCUT2D eigenvalue weighted by atomic mass is 32.2. The molecule has 9 nitrogen and oxygen atoms in total. The van der Waals surface area contributed by atoms with Crippen molar-refractivity contribution in [1.82, 2.24) is 35.1 Å². The Kier molecular flexibility index (Phi) is 5.49. The van der Waals surface area contributed by atoms with Crippen LogP contribution in [0.15, 0.2) is 67.4 Å². The van der Waals surface area contributed by atoms with Crippen LogP contribution in [0, 0.1) is 5.82 Å². The van der Waals surface area contributed by atoms with Crippen LogP contribution < -0.4 is 0 Å². The van der Waals surface area contributed by atoms with Gasteiger partial charge in [0.1, 0.15) is 27.7 Å². The van der Waals surface area contributed by atoms with Gasteiger partial charge in [0.2, 0.25) is 0 Å². The fourth-order valence-corrected chi connectivity index (χ4v) is 4.95. The molecule has 0 amide bonds. The molecule has 0 saturated heterocycles. The summed E-state index contributed by atoms with van der Waals surface area (Å²) in [5.74, 6) is 0.0110. The van der Waals surface area contributed by atoms with E-state index in [0.29, 0.717) is 39.4 Å². The minimum absolute atomic E-state index is 0.0564. The van der Waals surface area contributed by atoms with E-state index >= 15 is 0 Å². The fourth-order valence-electron chi connectivity index (χ4n) is 4.34. The maximum atomic E-state index is 14.5. The third-order valence-corrected chi connectivity index (χ3v) is 7.05. The topological polar surface area (TPSA) is 130 Å². The minimum atomic E-state index is -3.17. The average molecular weight is 514 g/mol. The number of rotatable bonds is 6. The van der Waals surface area contributed by atoms with E-state index < -0.39 is 15.7 Å². The maximum absolute atomic E-state index is 14.5. The Bertz CT molecular complexity index is 1880. The first kappa shape index (κ1) is 22.9. The van der Waals surface area contributed by atoms with Crippen molar-refractivity contribution in [1.29, 1.82) is 0 Å². The van der Waals surface area contributed by atoms with Gasteiger partial charge >= 0.3 is 0 Å². The SMILES string of the molecule is CS(=O)(=O)CCc1cc(F)cc(-c2ccnc3nc(-c4n[nH]c5ccc(-c6cncnc6)cc45)[nH]c23)c1. The molecule has 0 radical (unpaired) electrons. The van der Waals surface area contributed by atoms with Crippen molar-refractivity contribution in [3.8, 4) is 33.8 Å². The van der Waals surface area contributed by atoms with Gasteiger partial charge in [-0.25, -0.2) is 32.7 Å². The van der Waals surface area contributed by atoms with Gasteiger partial charge in [0, 0.05) is 41.4 Å². The van der Waals surface area contributed by atoms with Crippen LogP contribution in [0.1, 0.15) is 5.56 Å². The highest BCUT2D eigenvalue weighted by Crippen LogP contribution is 2.33. The highest BCUT2D eigenvalue weighted by Gasteiger charge is 2.17. The van der Waals surface area contributed by atoms with Gasteiger partial charge in [0.25, 0.3) is 0 Å². The van der Waals surface area contributed by atoms with Gasteiger partial charge in [-0.05, 0) is 53.4 Å². The number of fused-ring (bicyclic) bond motifs is 2. The number of pyridine rings is 1. The zero-order valence-corrected chi connectivity index (χ0v) is 20.4. The van der Waals surface area contributed by atoms with Crippen molar-refractivity contribution in [2.45, 2.75) is 6.42 Å². The zero-order valence-electron chi connectivity index (χ0n) is 19.6. The monoisotopic (exact) mass is 513 g/mol. The molecular weight excluding hydrogens is 493 g/mol. The summed E-state index contributed by atoms with van der Waals surface area (Å²) in [5.41, 5.74) is 6.25. The van der Waals surface area contributed by atoms with E-state index in [0.717, 1.165) is 22.0 Å². The second kappa shape index (κ2) is 8.86. The van der Waals surface area contributed by atoms with Crippen LogP contribution in [0.4, 0.5) is 4.39 Å². The Morgan fingerprint density at radius 2 is 1.81 bits per heavy atom. The number of nitrogens with zero attached hydrogens (tertiary/aromatic N) is 5. The average Bonchev–Trinajstić information content (AvgIpc) is 3.51. The lowest BCUT2D eigenvalue weighted by Gasteiger charge is -2.07. The third kappa shape index (κ3) is 4.56. The van der Waals surface area contributed by atoms with Crippen LogP contribution in [-0.2, 0) is 16.3 Å². The summed E-state index contributed by atoms with van der Waals surface area (Å²) < 4.78 is 37.7. The van der Waals surface area contributed by atoms with Crippen LogP contribution in [0.5, 0.6) is 0 Å². The number of aryl methyl sites for hydroxylation is 1. The lowest BCUT2D eigenvalue weighted by atomic mass is 10.0. The fraction of sp³-hybridized carbons (Fsp3) is 0.115. The molecule has 4 aromatic heterocycles. The molecule has 11 heteroatoms. The summed E-state index contributed by atoms with van der Waals surface area (Å²) in [6.07, 6.45) is 7.97. The third-order valence-electron chi connectivity index (χ3n) is 6.10. The number of hydrogen-bond acceptors (Lipinski definition) is 7. The number of sulfone groups is 1. The first-order valence-electron chi connectivity index (χ1n) is 11.4. The molecular formula is C26H20FN7O2S. The number of imidazole rings is 1. The first-order chi connectivity index (χ1) is 17.8. The number of nitrogens with one attached hydrogen (secondary N) is 2. The number of hydrogen-bond donors (Lipinski definition) is 2. The van der Waals surface area contributed by atoms with Gasteiger partial charge in [-0.3, -0.25) is 5.10 Å². The summed E-state index contributed by atoms with van der Waals surface area (Å²) in [6.45, 7) is 0. The van der Waals surface area contributed by atoms with Gasteiger partial charge < -0.3 is 4.98 Å². The quantitative estimate of drug-likeness (QED) is 0.339. The first-order valence-corrected chi connectivity index (χ1v) is 13.5. The molecule has 0 atom stereocenters. The van der Waals surface area contributed by atoms with Crippen molar-refractivity contribution in [2.24, 2.45) is 0 Å². The van der Waals surface area contributed by atoms with Gasteiger partial charge in [-0.1, -0.05) is 12.1 Å². The Hall–Kier alpha value is -4.51. The number of benzene rings is 2. The largest absolute Gasteiger partial charge is 0.335 e. The van der Waals surface area contributed by atoms with E-state index in [1.165, 1.54) is 24.7 Å². The van der Waals surface area contributed by atoms with Crippen LogP contribution >= 0.6 is 0 Å². The highest BCUT2D eigenvalue weighted by molar-refractivity contribution is 7.90. The molecule has 6 rings (SSSR count). The molecule has 37 heavy (non-hydrogen) atoms. The molecule has 0 aliphatic rings. The van der Waals surface area contributed by atoms with Crippen molar-refractivity contribution in [2.75, 3.05) is 12.0 Å². The van der Waals surface area contributed by atoms with Crippen LogP contribution in [0.3, 0.4) is 0 Å². The molecule has 6 aromatic rings. The van der Waals surface area contributed by atoms with E-state index in [1.54, 1.807) is 30.7 Å². The molecule has 2 aromatic carbocycles. The van der Waals surface area contributed by atoms with E-state index in [1.807, 2.05) is 18.2 Å². The summed E-state index contributed by atoms with van der Waals surface area (Å²) in [6, 6.07) is 12.2. The summed E-state index contributed by atoms with van der Waals surface area (Å²) >= 11 is 0. The molecule has 0 bridgehead atoms. The molecule has 0 spiro atoms. The van der Waals surface area contributed by atoms with E-state index in [9.17, 15) is 12.8 Å². The van der Waals surface area contributed by atoms with E-state index in [2.05, 4.69) is 35.1 Å². The smallest absolute Gasteiger partial charge is 0.178 e. The van der Waals surface area contributed by atoms with Gasteiger partial charge in [0.05, 0.1) is 16.8 Å². The molecule has 0 aliphatic heterocycles. The maximum Gasteiger partial charge on any atom is 0.178 e. The summed E-state index contributed by atoms with van der Waals surface area (Å²) in [5, 5.41) is 8.37. The molecule has 0 aliphatic carbocycles. The van der Waals surface area contributed by atoms with Gasteiger partial charge in [0.15, 0.2) is 11.5 Å². The van der Waals surface area contributed by atoms with Crippen LogP contribution in [-0.4, -0.2) is 55.5 Å². The second-order valence-corrected chi connectivity index (χ2v) is 11.1. The Morgan fingerprint density at radius 3 is 2.62 bits per heavy atom. The molecule has 2 N–H and O–H groups in total. The molecule has 184 valence electrons. The van der Waals surface area contributed by atoms with Gasteiger partial charge in [-0.15, -0.1) is 0 Å². The number of H-pyrrole nitrogens is 2. The minimum Gasteiger partial charge on any atom is -0.335 e. The standard InChI is InChI=1S/C26H20FN7O2S/c1-37(35,36)7-5-15-8-17(10-19(27)9-15)20-4-6-30-25-23(20)31-26(32-25)24-21-11-16(2-3-22(21)33-34-24)18-12-28-14-29-13-18/h2-4,6,8-14H,5,7H2,1H3,(H,33,34)(H,30,31,32). The normalized spacial score (nSPS) is 11.9. The van der Waals surface area contributed by atoms with Crippen molar-refractivity contribution >= 4 is 31.9 Å². The summed E-state index contributed by atoms with van der Waals surface area (Å²) in [4.78, 5) is 20.5. The van der Waals surface area contributed by atoms with Gasteiger partial charge in [-0.2, -0.15) is 5.10 Å². The van der Waals surface area contributed by atoms with E-state index in [-0.39, 0.29) is 12.2 Å². The van der Waals surface area contributed by atoms with Crippen LogP contribution in [0.25, 0.3) is 55.8 Å². The summed E-state index contributed by atoms with van der Waals surface area (Å²) in [7, 11) is -3.17. The molecule has 0 fully saturated rings. The van der Waals surface area contributed by atoms with Crippen molar-refractivity contribution < 1.29 is 12.8 Å². The lowest BCUT2D eigenvalue weighted by molar-refractivity contribution is 0.600. The predicted molar refractivity (Wildman–Crippen MR) is 139 cm³/mol. The van der Waals surface area contributed by atoms with Crippen molar-refractivity contribution in [3.05, 3.63) is 78.8 Å².